The smallest absolute Gasteiger partial charge is 0.224 e. The van der Waals surface area contributed by atoms with Crippen molar-refractivity contribution in [3.63, 3.8) is 0 Å². The normalized spacial score (nSPS) is 10.3. The van der Waals surface area contributed by atoms with Crippen molar-refractivity contribution in [2.75, 3.05) is 5.32 Å². The molecule has 0 bridgehead atoms. The van der Waals surface area contributed by atoms with E-state index < -0.39 is 0 Å². The summed E-state index contributed by atoms with van der Waals surface area (Å²) in [5.41, 5.74) is 2.89. The Balaban J connectivity index is 1.76. The zero-order valence-corrected chi connectivity index (χ0v) is 12.2. The minimum absolute atomic E-state index is 0.0320. The summed E-state index contributed by atoms with van der Waals surface area (Å²) in [7, 11) is 0. The van der Waals surface area contributed by atoms with Crippen molar-refractivity contribution in [2.45, 2.75) is 26.2 Å². The molecule has 0 fully saturated rings. The third-order valence-electron chi connectivity index (χ3n) is 2.96. The van der Waals surface area contributed by atoms with Crippen molar-refractivity contribution in [1.82, 2.24) is 4.98 Å². The van der Waals surface area contributed by atoms with Crippen LogP contribution in [0.1, 0.15) is 24.1 Å². The second-order valence-corrected chi connectivity index (χ2v) is 5.15. The van der Waals surface area contributed by atoms with Crippen LogP contribution < -0.4 is 5.32 Å². The Hall–Kier alpha value is -1.87. The molecular weight excluding hydrogens is 272 g/mol. The lowest BCUT2D eigenvalue weighted by molar-refractivity contribution is -0.116. The lowest BCUT2D eigenvalue weighted by Crippen LogP contribution is -2.11. The molecule has 0 spiro atoms. The number of carbonyl (C=O) groups is 1. The quantitative estimate of drug-likeness (QED) is 0.903. The first-order valence-electron chi connectivity index (χ1n) is 6.60. The Kier molecular flexibility index (Phi) is 5.13. The molecule has 2 aromatic rings. The van der Waals surface area contributed by atoms with Crippen LogP contribution >= 0.6 is 11.6 Å². The SMILES string of the molecule is Cc1cc(NC(=O)CCCc2ccc(Cl)cc2)ccn1. The maximum absolute atomic E-state index is 11.8. The molecule has 1 aromatic carbocycles. The minimum atomic E-state index is 0.0320. The van der Waals surface area contributed by atoms with Crippen LogP contribution in [0.4, 0.5) is 5.69 Å². The van der Waals surface area contributed by atoms with Gasteiger partial charge in [0.25, 0.3) is 0 Å². The van der Waals surface area contributed by atoms with Crippen molar-refractivity contribution >= 4 is 23.2 Å². The van der Waals surface area contributed by atoms with Crippen LogP contribution in [0, 0.1) is 6.92 Å². The molecule has 0 atom stereocenters. The fourth-order valence-corrected chi connectivity index (χ4v) is 2.08. The van der Waals surface area contributed by atoms with Gasteiger partial charge in [-0.15, -0.1) is 0 Å². The number of aryl methyl sites for hydroxylation is 2. The van der Waals surface area contributed by atoms with Gasteiger partial charge in [-0.2, -0.15) is 0 Å². The fourth-order valence-electron chi connectivity index (χ4n) is 1.95. The van der Waals surface area contributed by atoms with Gasteiger partial charge in [0, 0.05) is 29.0 Å². The molecule has 1 aromatic heterocycles. The van der Waals surface area contributed by atoms with Gasteiger partial charge in [0.05, 0.1) is 0 Å². The van der Waals surface area contributed by atoms with Crippen LogP contribution in [-0.2, 0) is 11.2 Å². The summed E-state index contributed by atoms with van der Waals surface area (Å²) in [6.07, 6.45) is 3.89. The summed E-state index contributed by atoms with van der Waals surface area (Å²) in [4.78, 5) is 15.9. The van der Waals surface area contributed by atoms with Crippen LogP contribution in [0.15, 0.2) is 42.6 Å². The van der Waals surface area contributed by atoms with Gasteiger partial charge >= 0.3 is 0 Å². The van der Waals surface area contributed by atoms with Gasteiger partial charge in [-0.05, 0) is 49.6 Å². The molecule has 4 heteroatoms. The third kappa shape index (κ3) is 4.67. The molecule has 0 radical (unpaired) electrons. The van der Waals surface area contributed by atoms with Crippen LogP contribution in [0.3, 0.4) is 0 Å². The molecule has 1 heterocycles. The number of hydrogen-bond acceptors (Lipinski definition) is 2. The molecule has 0 saturated carbocycles. The Morgan fingerprint density at radius 1 is 1.25 bits per heavy atom. The van der Waals surface area contributed by atoms with Crippen molar-refractivity contribution in [1.29, 1.82) is 0 Å². The van der Waals surface area contributed by atoms with Crippen molar-refractivity contribution in [3.8, 4) is 0 Å². The average molecular weight is 289 g/mol. The molecule has 0 saturated heterocycles. The topological polar surface area (TPSA) is 42.0 Å². The van der Waals surface area contributed by atoms with E-state index in [0.29, 0.717) is 6.42 Å². The lowest BCUT2D eigenvalue weighted by Gasteiger charge is -2.06. The van der Waals surface area contributed by atoms with E-state index in [0.717, 1.165) is 29.2 Å². The number of halogens is 1. The van der Waals surface area contributed by atoms with Gasteiger partial charge in [0.15, 0.2) is 0 Å². The first-order chi connectivity index (χ1) is 9.63. The fraction of sp³-hybridized carbons (Fsp3) is 0.250. The second kappa shape index (κ2) is 7.06. The highest BCUT2D eigenvalue weighted by atomic mass is 35.5. The van der Waals surface area contributed by atoms with E-state index in [-0.39, 0.29) is 5.91 Å². The number of carbonyl (C=O) groups excluding carboxylic acids is 1. The summed E-state index contributed by atoms with van der Waals surface area (Å²) in [6, 6.07) is 11.4. The van der Waals surface area contributed by atoms with E-state index in [2.05, 4.69) is 10.3 Å². The highest BCUT2D eigenvalue weighted by molar-refractivity contribution is 6.30. The predicted molar refractivity (Wildman–Crippen MR) is 82.0 cm³/mol. The minimum Gasteiger partial charge on any atom is -0.326 e. The Morgan fingerprint density at radius 3 is 2.70 bits per heavy atom. The summed E-state index contributed by atoms with van der Waals surface area (Å²) in [5.74, 6) is 0.0320. The number of rotatable bonds is 5. The summed E-state index contributed by atoms with van der Waals surface area (Å²) >= 11 is 5.83. The molecule has 0 unspecified atom stereocenters. The Morgan fingerprint density at radius 2 is 2.00 bits per heavy atom. The molecule has 0 aliphatic carbocycles. The predicted octanol–water partition coefficient (Wildman–Crippen LogP) is 4.00. The van der Waals surface area contributed by atoms with Gasteiger partial charge in [0.2, 0.25) is 5.91 Å². The second-order valence-electron chi connectivity index (χ2n) is 4.71. The van der Waals surface area contributed by atoms with Crippen LogP contribution in [0.25, 0.3) is 0 Å². The maximum Gasteiger partial charge on any atom is 0.224 e. The zero-order chi connectivity index (χ0) is 14.4. The number of benzene rings is 1. The first kappa shape index (κ1) is 14.5. The van der Waals surface area contributed by atoms with Gasteiger partial charge in [-0.3, -0.25) is 9.78 Å². The molecule has 3 nitrogen and oxygen atoms in total. The van der Waals surface area contributed by atoms with Gasteiger partial charge in [-0.1, -0.05) is 23.7 Å². The molecule has 0 aliphatic rings. The first-order valence-corrected chi connectivity index (χ1v) is 6.98. The highest BCUT2D eigenvalue weighted by Crippen LogP contribution is 2.12. The van der Waals surface area contributed by atoms with Crippen LogP contribution in [-0.4, -0.2) is 10.9 Å². The van der Waals surface area contributed by atoms with Crippen molar-refractivity contribution in [2.24, 2.45) is 0 Å². The Bertz CT molecular complexity index is 581. The van der Waals surface area contributed by atoms with E-state index in [1.165, 1.54) is 5.56 Å². The molecule has 0 aliphatic heterocycles. The van der Waals surface area contributed by atoms with Crippen molar-refractivity contribution < 1.29 is 4.79 Å². The number of pyridine rings is 1. The molecule has 20 heavy (non-hydrogen) atoms. The Labute approximate surface area is 124 Å². The van der Waals surface area contributed by atoms with E-state index in [1.807, 2.05) is 37.3 Å². The van der Waals surface area contributed by atoms with E-state index >= 15 is 0 Å². The summed E-state index contributed by atoms with van der Waals surface area (Å²) in [6.45, 7) is 1.90. The van der Waals surface area contributed by atoms with E-state index in [1.54, 1.807) is 12.3 Å². The number of aromatic nitrogens is 1. The molecular formula is C16H17ClN2O. The van der Waals surface area contributed by atoms with Gasteiger partial charge in [0.1, 0.15) is 0 Å². The number of amides is 1. The van der Waals surface area contributed by atoms with E-state index in [9.17, 15) is 4.79 Å². The zero-order valence-electron chi connectivity index (χ0n) is 11.4. The standard InChI is InChI=1S/C16H17ClN2O/c1-12-11-15(9-10-18-12)19-16(20)4-2-3-13-5-7-14(17)8-6-13/h5-11H,2-4H2,1H3,(H,18,19,20). The maximum atomic E-state index is 11.8. The van der Waals surface area contributed by atoms with Crippen LogP contribution in [0.2, 0.25) is 5.02 Å². The van der Waals surface area contributed by atoms with Gasteiger partial charge < -0.3 is 5.32 Å². The number of nitrogens with zero attached hydrogens (tertiary/aromatic N) is 1. The van der Waals surface area contributed by atoms with E-state index in [4.69, 9.17) is 11.6 Å². The van der Waals surface area contributed by atoms with Crippen molar-refractivity contribution in [3.05, 3.63) is 58.9 Å². The molecule has 1 N–H and O–H groups in total. The van der Waals surface area contributed by atoms with Crippen LogP contribution in [0.5, 0.6) is 0 Å². The molecule has 104 valence electrons. The lowest BCUT2D eigenvalue weighted by atomic mass is 10.1. The summed E-state index contributed by atoms with van der Waals surface area (Å²) < 4.78 is 0. The number of hydrogen-bond donors (Lipinski definition) is 1. The number of anilines is 1. The highest BCUT2D eigenvalue weighted by Gasteiger charge is 2.03. The summed E-state index contributed by atoms with van der Waals surface area (Å²) in [5, 5.41) is 3.61. The van der Waals surface area contributed by atoms with Gasteiger partial charge in [-0.25, -0.2) is 0 Å². The average Bonchev–Trinajstić information content (AvgIpc) is 2.41. The third-order valence-corrected chi connectivity index (χ3v) is 3.21. The molecule has 2 rings (SSSR count). The molecule has 1 amide bonds. The largest absolute Gasteiger partial charge is 0.326 e. The number of nitrogens with one attached hydrogen (secondary N) is 1. The monoisotopic (exact) mass is 288 g/mol.